The molecule has 20 heavy (non-hydrogen) atoms. The second-order valence-electron chi connectivity index (χ2n) is 4.79. The topological polar surface area (TPSA) is 60.9 Å². The van der Waals surface area contributed by atoms with Crippen molar-refractivity contribution in [1.29, 1.82) is 0 Å². The van der Waals surface area contributed by atoms with Crippen LogP contribution in [0.2, 0.25) is 5.02 Å². The molecule has 1 heterocycles. The van der Waals surface area contributed by atoms with Gasteiger partial charge in [0.25, 0.3) is 0 Å². The van der Waals surface area contributed by atoms with Gasteiger partial charge in [0.15, 0.2) is 0 Å². The third kappa shape index (κ3) is 3.04. The van der Waals surface area contributed by atoms with Gasteiger partial charge in [-0.3, -0.25) is 4.79 Å². The number of carbonyl (C=O) groups is 2. The van der Waals surface area contributed by atoms with Crippen LogP contribution in [0.3, 0.4) is 0 Å². The Morgan fingerprint density at radius 3 is 2.60 bits per heavy atom. The molecule has 1 aliphatic rings. The lowest BCUT2D eigenvalue weighted by atomic mass is 10.1. The van der Waals surface area contributed by atoms with Crippen LogP contribution in [0.4, 0.5) is 5.69 Å². The van der Waals surface area contributed by atoms with Crippen molar-refractivity contribution in [2.24, 2.45) is 0 Å². The van der Waals surface area contributed by atoms with Gasteiger partial charge in [-0.05, 0) is 18.6 Å². The molecule has 0 radical (unpaired) electrons. The Bertz CT molecular complexity index is 533. The molecule has 0 aliphatic carbocycles. The molecule has 5 nitrogen and oxygen atoms in total. The second-order valence-corrected chi connectivity index (χ2v) is 5.19. The maximum absolute atomic E-state index is 11.4. The van der Waals surface area contributed by atoms with Crippen LogP contribution < -0.4 is 4.90 Å². The van der Waals surface area contributed by atoms with E-state index in [1.165, 1.54) is 0 Å². The van der Waals surface area contributed by atoms with Crippen LogP contribution in [0.15, 0.2) is 18.2 Å². The molecular weight excluding hydrogens is 280 g/mol. The zero-order valence-electron chi connectivity index (χ0n) is 11.3. The van der Waals surface area contributed by atoms with Crippen molar-refractivity contribution in [3.8, 4) is 0 Å². The largest absolute Gasteiger partial charge is 0.478 e. The molecular formula is C14H17ClN2O3. The van der Waals surface area contributed by atoms with Crippen molar-refractivity contribution in [3.63, 3.8) is 0 Å². The van der Waals surface area contributed by atoms with Gasteiger partial charge in [-0.1, -0.05) is 17.7 Å². The molecule has 0 saturated carbocycles. The molecule has 108 valence electrons. The van der Waals surface area contributed by atoms with Gasteiger partial charge in [-0.25, -0.2) is 4.79 Å². The summed E-state index contributed by atoms with van der Waals surface area (Å²) in [5.74, 6) is -0.977. The van der Waals surface area contributed by atoms with E-state index >= 15 is 0 Å². The van der Waals surface area contributed by atoms with E-state index in [0.717, 1.165) is 6.42 Å². The van der Waals surface area contributed by atoms with Crippen LogP contribution in [0.25, 0.3) is 0 Å². The van der Waals surface area contributed by atoms with Gasteiger partial charge < -0.3 is 14.9 Å². The van der Waals surface area contributed by atoms with Gasteiger partial charge >= 0.3 is 5.97 Å². The number of carboxylic acid groups (broad SMARTS) is 1. The third-order valence-electron chi connectivity index (χ3n) is 3.49. The Kier molecular flexibility index (Phi) is 4.49. The molecule has 0 spiro atoms. The summed E-state index contributed by atoms with van der Waals surface area (Å²) in [5.41, 5.74) is 0.751. The van der Waals surface area contributed by atoms with Crippen molar-refractivity contribution >= 4 is 29.2 Å². The van der Waals surface area contributed by atoms with Crippen LogP contribution in [0.1, 0.15) is 23.7 Å². The summed E-state index contributed by atoms with van der Waals surface area (Å²) in [5, 5.41) is 9.55. The predicted octanol–water partition coefficient (Wildman–Crippen LogP) is 2.10. The van der Waals surface area contributed by atoms with Gasteiger partial charge in [0.05, 0.1) is 10.7 Å². The monoisotopic (exact) mass is 296 g/mol. The van der Waals surface area contributed by atoms with E-state index in [2.05, 4.69) is 0 Å². The number of hydrogen-bond donors (Lipinski definition) is 1. The number of anilines is 1. The number of carbonyl (C=O) groups excluding carboxylic acids is 1. The van der Waals surface area contributed by atoms with Crippen LogP contribution in [-0.2, 0) is 4.79 Å². The molecule has 1 aromatic carbocycles. The zero-order valence-corrected chi connectivity index (χ0v) is 12.1. The summed E-state index contributed by atoms with van der Waals surface area (Å²) in [6.07, 6.45) is 0.811. The lowest BCUT2D eigenvalue weighted by Crippen LogP contribution is -2.34. The van der Waals surface area contributed by atoms with Crippen LogP contribution in [-0.4, -0.2) is 48.1 Å². The average Bonchev–Trinajstić information content (AvgIpc) is 2.63. The van der Waals surface area contributed by atoms with E-state index in [-0.39, 0.29) is 16.5 Å². The molecule has 1 amide bonds. The number of halogens is 1. The number of carboxylic acids is 1. The number of amides is 1. The first-order valence-electron chi connectivity index (χ1n) is 6.53. The molecule has 1 saturated heterocycles. The van der Waals surface area contributed by atoms with Crippen LogP contribution in [0, 0.1) is 0 Å². The molecule has 0 aromatic heterocycles. The van der Waals surface area contributed by atoms with Gasteiger partial charge in [0.1, 0.15) is 5.56 Å². The van der Waals surface area contributed by atoms with Crippen LogP contribution >= 0.6 is 11.6 Å². The summed E-state index contributed by atoms with van der Waals surface area (Å²) in [6, 6.07) is 5.09. The highest BCUT2D eigenvalue weighted by atomic mass is 35.5. The third-order valence-corrected chi connectivity index (χ3v) is 3.80. The quantitative estimate of drug-likeness (QED) is 0.908. The Morgan fingerprint density at radius 1 is 1.20 bits per heavy atom. The molecule has 2 rings (SSSR count). The Balaban J connectivity index is 2.26. The number of benzene rings is 1. The first-order chi connectivity index (χ1) is 9.50. The first kappa shape index (κ1) is 14.7. The standard InChI is InChI=1S/C14H17ClN2O3/c1-10(18)16-6-3-7-17(9-8-16)12-5-2-4-11(15)13(12)14(19)20/h2,4-5H,3,6-9H2,1H3,(H,19,20). The summed E-state index contributed by atoms with van der Waals surface area (Å²) >= 11 is 5.99. The highest BCUT2D eigenvalue weighted by Gasteiger charge is 2.22. The van der Waals surface area contributed by atoms with E-state index in [0.29, 0.717) is 31.9 Å². The highest BCUT2D eigenvalue weighted by molar-refractivity contribution is 6.34. The summed E-state index contributed by atoms with van der Waals surface area (Å²) < 4.78 is 0. The average molecular weight is 297 g/mol. The maximum Gasteiger partial charge on any atom is 0.339 e. The molecule has 0 bridgehead atoms. The number of nitrogens with zero attached hydrogens (tertiary/aromatic N) is 2. The van der Waals surface area contributed by atoms with Gasteiger partial charge in [-0.2, -0.15) is 0 Å². The van der Waals surface area contributed by atoms with Crippen molar-refractivity contribution in [1.82, 2.24) is 4.90 Å². The Hall–Kier alpha value is -1.75. The lowest BCUT2D eigenvalue weighted by Gasteiger charge is -2.25. The molecule has 1 aliphatic heterocycles. The zero-order chi connectivity index (χ0) is 14.7. The van der Waals surface area contributed by atoms with E-state index in [1.807, 2.05) is 4.90 Å². The molecule has 0 unspecified atom stereocenters. The fourth-order valence-electron chi connectivity index (χ4n) is 2.46. The SMILES string of the molecule is CC(=O)N1CCCN(c2cccc(Cl)c2C(=O)O)CC1. The van der Waals surface area contributed by atoms with E-state index in [1.54, 1.807) is 30.0 Å². The highest BCUT2D eigenvalue weighted by Crippen LogP contribution is 2.28. The summed E-state index contributed by atoms with van der Waals surface area (Å²) in [7, 11) is 0. The summed E-state index contributed by atoms with van der Waals surface area (Å²) in [4.78, 5) is 26.6. The fourth-order valence-corrected chi connectivity index (χ4v) is 2.71. The van der Waals surface area contributed by atoms with E-state index < -0.39 is 5.97 Å². The van der Waals surface area contributed by atoms with Crippen molar-refractivity contribution in [3.05, 3.63) is 28.8 Å². The molecule has 1 aromatic rings. The van der Waals surface area contributed by atoms with Crippen molar-refractivity contribution < 1.29 is 14.7 Å². The van der Waals surface area contributed by atoms with E-state index in [9.17, 15) is 14.7 Å². The van der Waals surface area contributed by atoms with Crippen LogP contribution in [0.5, 0.6) is 0 Å². The number of rotatable bonds is 2. The second kappa shape index (κ2) is 6.13. The normalized spacial score (nSPS) is 15.9. The van der Waals surface area contributed by atoms with Gasteiger partial charge in [0, 0.05) is 33.1 Å². The van der Waals surface area contributed by atoms with E-state index in [4.69, 9.17) is 11.6 Å². The summed E-state index contributed by atoms with van der Waals surface area (Å²) in [6.45, 7) is 4.18. The Labute approximate surface area is 122 Å². The van der Waals surface area contributed by atoms with Gasteiger partial charge in [0.2, 0.25) is 5.91 Å². The minimum atomic E-state index is -1.03. The minimum absolute atomic E-state index is 0.0522. The van der Waals surface area contributed by atoms with Gasteiger partial charge in [-0.15, -0.1) is 0 Å². The fraction of sp³-hybridized carbons (Fsp3) is 0.429. The molecule has 1 N–H and O–H groups in total. The van der Waals surface area contributed by atoms with Crippen molar-refractivity contribution in [2.45, 2.75) is 13.3 Å². The minimum Gasteiger partial charge on any atom is -0.478 e. The predicted molar refractivity (Wildman–Crippen MR) is 77.5 cm³/mol. The Morgan fingerprint density at radius 2 is 1.95 bits per heavy atom. The number of hydrogen-bond acceptors (Lipinski definition) is 3. The molecule has 6 heteroatoms. The number of aromatic carboxylic acids is 1. The molecule has 1 fully saturated rings. The molecule has 0 atom stereocenters. The maximum atomic E-state index is 11.4. The lowest BCUT2D eigenvalue weighted by molar-refractivity contribution is -0.128. The smallest absolute Gasteiger partial charge is 0.339 e. The van der Waals surface area contributed by atoms with Crippen molar-refractivity contribution in [2.75, 3.05) is 31.1 Å². The first-order valence-corrected chi connectivity index (χ1v) is 6.90.